The quantitative estimate of drug-likeness (QED) is 0.839. The molecule has 0 N–H and O–H groups in total. The summed E-state index contributed by atoms with van der Waals surface area (Å²) in [5.74, 6) is 0.107. The molecule has 118 valence electrons. The normalized spacial score (nSPS) is 17.1. The molecule has 1 aliphatic heterocycles. The van der Waals surface area contributed by atoms with Gasteiger partial charge in [0, 0.05) is 31.6 Å². The summed E-state index contributed by atoms with van der Waals surface area (Å²) >= 11 is 0. The minimum Gasteiger partial charge on any atom is -0.451 e. The zero-order valence-corrected chi connectivity index (χ0v) is 13.4. The second-order valence-electron chi connectivity index (χ2n) is 5.61. The molecule has 1 aromatic heterocycles. The topological polar surface area (TPSA) is 70.8 Å². The van der Waals surface area contributed by atoms with Crippen LogP contribution in [0.15, 0.2) is 28.7 Å². The first kappa shape index (κ1) is 15.1. The second kappa shape index (κ2) is 5.40. The predicted octanol–water partition coefficient (Wildman–Crippen LogP) is 1.46. The van der Waals surface area contributed by atoms with Crippen LogP contribution in [0.1, 0.15) is 16.1 Å². The van der Waals surface area contributed by atoms with Crippen LogP contribution in [-0.2, 0) is 10.0 Å². The zero-order valence-electron chi connectivity index (χ0n) is 12.6. The molecule has 0 unspecified atom stereocenters. The molecular weight excluding hydrogens is 304 g/mol. The van der Waals surface area contributed by atoms with Gasteiger partial charge in [-0.2, -0.15) is 4.31 Å². The van der Waals surface area contributed by atoms with Gasteiger partial charge in [-0.3, -0.25) is 4.79 Å². The molecule has 1 amide bonds. The van der Waals surface area contributed by atoms with Crippen LogP contribution < -0.4 is 0 Å². The van der Waals surface area contributed by atoms with E-state index in [1.54, 1.807) is 11.0 Å². The summed E-state index contributed by atoms with van der Waals surface area (Å²) in [6, 6.07) is 7.50. The highest BCUT2D eigenvalue weighted by Gasteiger charge is 2.28. The number of aryl methyl sites for hydroxylation is 1. The van der Waals surface area contributed by atoms with Crippen LogP contribution >= 0.6 is 0 Å². The second-order valence-corrected chi connectivity index (χ2v) is 7.59. The van der Waals surface area contributed by atoms with Gasteiger partial charge in [-0.1, -0.05) is 11.6 Å². The monoisotopic (exact) mass is 322 g/mol. The number of benzene rings is 1. The van der Waals surface area contributed by atoms with Gasteiger partial charge in [0.15, 0.2) is 5.76 Å². The summed E-state index contributed by atoms with van der Waals surface area (Å²) < 4.78 is 30.0. The lowest BCUT2D eigenvalue weighted by molar-refractivity contribution is 0.0668. The van der Waals surface area contributed by atoms with E-state index in [9.17, 15) is 13.2 Å². The molecule has 7 heteroatoms. The molecule has 22 heavy (non-hydrogen) atoms. The number of hydrogen-bond donors (Lipinski definition) is 0. The van der Waals surface area contributed by atoms with Crippen molar-refractivity contribution in [3.8, 4) is 0 Å². The molecule has 1 saturated heterocycles. The summed E-state index contributed by atoms with van der Waals surface area (Å²) in [5.41, 5.74) is 1.79. The fraction of sp³-hybridized carbons (Fsp3) is 0.400. The van der Waals surface area contributed by atoms with Gasteiger partial charge in [0.25, 0.3) is 5.91 Å². The van der Waals surface area contributed by atoms with E-state index in [0.29, 0.717) is 37.5 Å². The first-order valence-electron chi connectivity index (χ1n) is 7.09. The summed E-state index contributed by atoms with van der Waals surface area (Å²) in [6.07, 6.45) is 1.19. The minimum absolute atomic E-state index is 0.193. The molecular formula is C15H18N2O4S. The molecule has 0 aliphatic carbocycles. The SMILES string of the molecule is Cc1ccc2oc(C(=O)N3CCN(S(C)(=O)=O)CC3)cc2c1. The lowest BCUT2D eigenvalue weighted by Crippen LogP contribution is -2.50. The van der Waals surface area contributed by atoms with Crippen LogP contribution in [0.25, 0.3) is 11.0 Å². The van der Waals surface area contributed by atoms with Crippen molar-refractivity contribution in [2.24, 2.45) is 0 Å². The van der Waals surface area contributed by atoms with Crippen molar-refractivity contribution in [1.82, 2.24) is 9.21 Å². The van der Waals surface area contributed by atoms with Crippen LogP contribution in [0, 0.1) is 6.92 Å². The number of nitrogens with zero attached hydrogens (tertiary/aromatic N) is 2. The van der Waals surface area contributed by atoms with Crippen molar-refractivity contribution in [2.75, 3.05) is 32.4 Å². The van der Waals surface area contributed by atoms with Crippen LogP contribution in [0.2, 0.25) is 0 Å². The van der Waals surface area contributed by atoms with E-state index in [2.05, 4.69) is 0 Å². The van der Waals surface area contributed by atoms with Crippen LogP contribution in [0.3, 0.4) is 0 Å². The van der Waals surface area contributed by atoms with Gasteiger partial charge in [-0.05, 0) is 25.1 Å². The summed E-state index contributed by atoms with van der Waals surface area (Å²) in [7, 11) is -3.19. The van der Waals surface area contributed by atoms with Crippen molar-refractivity contribution in [3.05, 3.63) is 35.6 Å². The molecule has 1 aromatic carbocycles. The highest BCUT2D eigenvalue weighted by Crippen LogP contribution is 2.22. The predicted molar refractivity (Wildman–Crippen MR) is 83.3 cm³/mol. The first-order valence-corrected chi connectivity index (χ1v) is 8.94. The summed E-state index contributed by atoms with van der Waals surface area (Å²) in [6.45, 7) is 3.39. The van der Waals surface area contributed by atoms with Gasteiger partial charge in [-0.15, -0.1) is 0 Å². The Labute approximate surface area is 129 Å². The number of sulfonamides is 1. The maximum absolute atomic E-state index is 12.5. The number of furan rings is 1. The van der Waals surface area contributed by atoms with Gasteiger partial charge in [0.2, 0.25) is 10.0 Å². The molecule has 0 saturated carbocycles. The van der Waals surface area contributed by atoms with E-state index in [4.69, 9.17) is 4.42 Å². The maximum atomic E-state index is 12.5. The number of rotatable bonds is 2. The van der Waals surface area contributed by atoms with Crippen LogP contribution in [-0.4, -0.2) is 56.0 Å². The van der Waals surface area contributed by atoms with Crippen molar-refractivity contribution in [2.45, 2.75) is 6.92 Å². The maximum Gasteiger partial charge on any atom is 0.289 e. The zero-order chi connectivity index (χ0) is 15.9. The van der Waals surface area contributed by atoms with E-state index >= 15 is 0 Å². The molecule has 1 fully saturated rings. The molecule has 1 aliphatic rings. The van der Waals surface area contributed by atoms with Crippen LogP contribution in [0.4, 0.5) is 0 Å². The van der Waals surface area contributed by atoms with Crippen molar-refractivity contribution in [3.63, 3.8) is 0 Å². The largest absolute Gasteiger partial charge is 0.451 e. The molecule has 2 aromatic rings. The summed E-state index contributed by atoms with van der Waals surface area (Å²) in [4.78, 5) is 14.1. The molecule has 0 bridgehead atoms. The molecule has 6 nitrogen and oxygen atoms in total. The van der Waals surface area contributed by atoms with E-state index in [1.807, 2.05) is 25.1 Å². The van der Waals surface area contributed by atoms with Gasteiger partial charge in [0.05, 0.1) is 6.26 Å². The van der Waals surface area contributed by atoms with Crippen LogP contribution in [0.5, 0.6) is 0 Å². The smallest absolute Gasteiger partial charge is 0.289 e. The number of carbonyl (C=O) groups is 1. The lowest BCUT2D eigenvalue weighted by Gasteiger charge is -2.32. The molecule has 0 atom stereocenters. The molecule has 2 heterocycles. The Kier molecular flexibility index (Phi) is 3.70. The standard InChI is InChI=1S/C15H18N2O4S/c1-11-3-4-13-12(9-11)10-14(21-13)15(18)16-5-7-17(8-6-16)22(2,19)20/h3-4,9-10H,5-8H2,1-2H3. The highest BCUT2D eigenvalue weighted by atomic mass is 32.2. The van der Waals surface area contributed by atoms with E-state index in [0.717, 1.165) is 10.9 Å². The van der Waals surface area contributed by atoms with Gasteiger partial charge < -0.3 is 9.32 Å². The first-order chi connectivity index (χ1) is 10.3. The summed E-state index contributed by atoms with van der Waals surface area (Å²) in [5, 5.41) is 0.901. The molecule has 0 radical (unpaired) electrons. The Hall–Kier alpha value is -1.86. The van der Waals surface area contributed by atoms with E-state index in [1.165, 1.54) is 10.6 Å². The minimum atomic E-state index is -3.19. The number of piperazine rings is 1. The average Bonchev–Trinajstić information content (AvgIpc) is 2.88. The van der Waals surface area contributed by atoms with Gasteiger partial charge in [-0.25, -0.2) is 8.42 Å². The van der Waals surface area contributed by atoms with Crippen molar-refractivity contribution in [1.29, 1.82) is 0 Å². The number of amides is 1. The van der Waals surface area contributed by atoms with E-state index in [-0.39, 0.29) is 5.91 Å². The number of hydrogen-bond acceptors (Lipinski definition) is 4. The molecule has 0 spiro atoms. The third-order valence-electron chi connectivity index (χ3n) is 3.88. The Morgan fingerprint density at radius 2 is 1.82 bits per heavy atom. The Balaban J connectivity index is 1.76. The average molecular weight is 322 g/mol. The number of fused-ring (bicyclic) bond motifs is 1. The fourth-order valence-corrected chi connectivity index (χ4v) is 3.47. The van der Waals surface area contributed by atoms with Gasteiger partial charge in [0.1, 0.15) is 5.58 Å². The number of carbonyl (C=O) groups excluding carboxylic acids is 1. The third-order valence-corrected chi connectivity index (χ3v) is 5.18. The Bertz CT molecular complexity index is 817. The lowest BCUT2D eigenvalue weighted by atomic mass is 10.2. The van der Waals surface area contributed by atoms with E-state index < -0.39 is 10.0 Å². The third kappa shape index (κ3) is 2.86. The highest BCUT2D eigenvalue weighted by molar-refractivity contribution is 7.88. The Morgan fingerprint density at radius 3 is 2.45 bits per heavy atom. The molecule has 3 rings (SSSR count). The van der Waals surface area contributed by atoms with Gasteiger partial charge >= 0.3 is 0 Å². The van der Waals surface area contributed by atoms with Crippen molar-refractivity contribution < 1.29 is 17.6 Å². The van der Waals surface area contributed by atoms with Crippen molar-refractivity contribution >= 4 is 26.9 Å². The fourth-order valence-electron chi connectivity index (χ4n) is 2.65. The Morgan fingerprint density at radius 1 is 1.14 bits per heavy atom.